The summed E-state index contributed by atoms with van der Waals surface area (Å²) in [6.07, 6.45) is 5.21. The topological polar surface area (TPSA) is 111 Å². The summed E-state index contributed by atoms with van der Waals surface area (Å²) in [4.78, 5) is 37.4. The molecule has 0 atom stereocenters. The second-order valence-electron chi connectivity index (χ2n) is 6.27. The van der Waals surface area contributed by atoms with Crippen LogP contribution in [0.4, 0.5) is 0 Å². The van der Waals surface area contributed by atoms with Crippen LogP contribution in [0.3, 0.4) is 0 Å². The number of ether oxygens (including phenoxy) is 1. The highest BCUT2D eigenvalue weighted by atomic mass is 32.1. The smallest absolute Gasteiger partial charge is 0.358 e. The molecule has 4 rings (SSSR count). The van der Waals surface area contributed by atoms with Gasteiger partial charge in [0.2, 0.25) is 5.78 Å². The van der Waals surface area contributed by atoms with Gasteiger partial charge in [0.25, 0.3) is 0 Å². The van der Waals surface area contributed by atoms with E-state index in [0.29, 0.717) is 29.4 Å². The van der Waals surface area contributed by atoms with Crippen LogP contribution >= 0.6 is 11.3 Å². The molecule has 8 nitrogen and oxygen atoms in total. The van der Waals surface area contributed by atoms with Crippen molar-refractivity contribution in [2.45, 2.75) is 13.0 Å². The summed E-state index contributed by atoms with van der Waals surface area (Å²) < 4.78 is 7.05. The normalized spacial score (nSPS) is 10.6. The van der Waals surface area contributed by atoms with E-state index in [2.05, 4.69) is 21.0 Å². The Morgan fingerprint density at radius 1 is 1.17 bits per heavy atom. The third-order valence-electron chi connectivity index (χ3n) is 4.36. The fraction of sp³-hybridized carbons (Fsp3) is 0.143. The predicted octanol–water partition coefficient (Wildman–Crippen LogP) is 3.51. The number of thiazole rings is 1. The molecule has 0 unspecified atom stereocenters. The SMILES string of the molecule is N#CCCn1cc(C(=O)COC(=O)c2csc(-c3ncccn3)n2)c2ccccc21. The van der Waals surface area contributed by atoms with Crippen molar-refractivity contribution < 1.29 is 14.3 Å². The molecule has 1 aromatic carbocycles. The van der Waals surface area contributed by atoms with Crippen LogP contribution in [0.1, 0.15) is 27.3 Å². The van der Waals surface area contributed by atoms with Gasteiger partial charge in [0.05, 0.1) is 12.5 Å². The summed E-state index contributed by atoms with van der Waals surface area (Å²) in [6, 6.07) is 11.2. The number of Topliss-reactive ketones (excluding diaryl/α,β-unsaturated/α-hetero) is 1. The standard InChI is InChI=1S/C21H15N5O3S/c22-7-3-10-26-11-15(14-5-1-2-6-17(14)26)18(27)12-29-21(28)16-13-30-20(25-16)19-23-8-4-9-24-19/h1-2,4-6,8-9,11,13H,3,10,12H2. The van der Waals surface area contributed by atoms with Gasteiger partial charge in [-0.2, -0.15) is 5.26 Å². The first-order chi connectivity index (χ1) is 14.7. The summed E-state index contributed by atoms with van der Waals surface area (Å²) in [5.41, 5.74) is 1.41. The van der Waals surface area contributed by atoms with Gasteiger partial charge in [-0.25, -0.2) is 19.7 Å². The van der Waals surface area contributed by atoms with Crippen molar-refractivity contribution in [2.75, 3.05) is 6.61 Å². The lowest BCUT2D eigenvalue weighted by molar-refractivity contribution is 0.0470. The van der Waals surface area contributed by atoms with Crippen molar-refractivity contribution in [3.63, 3.8) is 0 Å². The summed E-state index contributed by atoms with van der Waals surface area (Å²) >= 11 is 1.22. The molecule has 0 amide bonds. The van der Waals surface area contributed by atoms with Gasteiger partial charge in [0.15, 0.2) is 23.1 Å². The molecule has 0 spiro atoms. The third-order valence-corrected chi connectivity index (χ3v) is 5.20. The quantitative estimate of drug-likeness (QED) is 0.334. The van der Waals surface area contributed by atoms with Crippen molar-refractivity contribution in [1.82, 2.24) is 19.5 Å². The number of benzene rings is 1. The van der Waals surface area contributed by atoms with E-state index in [0.717, 1.165) is 10.9 Å². The average Bonchev–Trinajstić information content (AvgIpc) is 3.42. The first-order valence-electron chi connectivity index (χ1n) is 9.05. The lowest BCUT2D eigenvalue weighted by Gasteiger charge is -2.02. The Bertz CT molecular complexity index is 1260. The number of hydrogen-bond acceptors (Lipinski definition) is 8. The fourth-order valence-corrected chi connectivity index (χ4v) is 3.72. The average molecular weight is 417 g/mol. The van der Waals surface area contributed by atoms with Crippen LogP contribution in [0, 0.1) is 11.3 Å². The number of hydrogen-bond donors (Lipinski definition) is 0. The van der Waals surface area contributed by atoms with Gasteiger partial charge in [0.1, 0.15) is 0 Å². The molecule has 0 radical (unpaired) electrons. The molecule has 148 valence electrons. The molecule has 0 aliphatic rings. The first-order valence-corrected chi connectivity index (χ1v) is 9.93. The number of esters is 1. The largest absolute Gasteiger partial charge is 0.453 e. The molecular formula is C21H15N5O3S. The van der Waals surface area contributed by atoms with Gasteiger partial charge in [-0.05, 0) is 12.1 Å². The van der Waals surface area contributed by atoms with Crippen LogP contribution in [0.25, 0.3) is 21.7 Å². The Kier molecular flexibility index (Phi) is 5.59. The Morgan fingerprint density at radius 2 is 1.97 bits per heavy atom. The molecule has 0 fully saturated rings. The van der Waals surface area contributed by atoms with Crippen LogP contribution in [-0.2, 0) is 11.3 Å². The van der Waals surface area contributed by atoms with Crippen molar-refractivity contribution in [2.24, 2.45) is 0 Å². The second-order valence-corrected chi connectivity index (χ2v) is 7.13. The molecule has 4 aromatic rings. The van der Waals surface area contributed by atoms with Crippen molar-refractivity contribution in [3.05, 3.63) is 65.6 Å². The molecule has 0 aliphatic carbocycles. The maximum Gasteiger partial charge on any atom is 0.358 e. The van der Waals surface area contributed by atoms with Crippen LogP contribution in [-0.4, -0.2) is 37.9 Å². The molecule has 9 heteroatoms. The number of nitriles is 1. The molecular weight excluding hydrogens is 402 g/mol. The molecule has 0 aliphatic heterocycles. The van der Waals surface area contributed by atoms with Gasteiger partial charge >= 0.3 is 5.97 Å². The predicted molar refractivity (Wildman–Crippen MR) is 110 cm³/mol. The van der Waals surface area contributed by atoms with E-state index >= 15 is 0 Å². The number of carbonyl (C=O) groups excluding carboxylic acids is 2. The molecule has 3 aromatic heterocycles. The van der Waals surface area contributed by atoms with Gasteiger partial charge in [-0.3, -0.25) is 4.79 Å². The van der Waals surface area contributed by atoms with Crippen LogP contribution in [0.5, 0.6) is 0 Å². The minimum absolute atomic E-state index is 0.103. The zero-order valence-electron chi connectivity index (χ0n) is 15.7. The maximum atomic E-state index is 12.7. The number of aryl methyl sites for hydroxylation is 1. The lowest BCUT2D eigenvalue weighted by Crippen LogP contribution is -2.14. The number of carbonyl (C=O) groups is 2. The van der Waals surface area contributed by atoms with Gasteiger partial charge in [0, 0.05) is 47.0 Å². The Hall–Kier alpha value is -3.90. The number of para-hydroxylation sites is 1. The summed E-state index contributed by atoms with van der Waals surface area (Å²) in [5, 5.41) is 11.6. The van der Waals surface area contributed by atoms with Crippen molar-refractivity contribution in [3.8, 4) is 16.9 Å². The molecule has 3 heterocycles. The number of fused-ring (bicyclic) bond motifs is 1. The summed E-state index contributed by atoms with van der Waals surface area (Å²) in [5.74, 6) is -0.588. The van der Waals surface area contributed by atoms with Crippen LogP contribution in [0.2, 0.25) is 0 Å². The molecule has 0 saturated heterocycles. The highest BCUT2D eigenvalue weighted by molar-refractivity contribution is 7.13. The Morgan fingerprint density at radius 3 is 2.77 bits per heavy atom. The highest BCUT2D eigenvalue weighted by Crippen LogP contribution is 2.23. The van der Waals surface area contributed by atoms with Gasteiger partial charge < -0.3 is 9.30 Å². The Balaban J connectivity index is 1.47. The summed E-state index contributed by atoms with van der Waals surface area (Å²) in [7, 11) is 0. The Labute approximate surface area is 175 Å². The summed E-state index contributed by atoms with van der Waals surface area (Å²) in [6.45, 7) is 0.0764. The van der Waals surface area contributed by atoms with E-state index in [1.807, 2.05) is 28.8 Å². The zero-order valence-corrected chi connectivity index (χ0v) is 16.5. The van der Waals surface area contributed by atoms with Crippen molar-refractivity contribution in [1.29, 1.82) is 5.26 Å². The molecule has 0 N–H and O–H groups in total. The number of ketones is 1. The van der Waals surface area contributed by atoms with E-state index in [1.165, 1.54) is 11.3 Å². The van der Waals surface area contributed by atoms with E-state index in [1.54, 1.807) is 30.0 Å². The number of rotatable bonds is 7. The highest BCUT2D eigenvalue weighted by Gasteiger charge is 2.19. The second kappa shape index (κ2) is 8.63. The molecule has 0 bridgehead atoms. The number of nitrogens with zero attached hydrogens (tertiary/aromatic N) is 5. The van der Waals surface area contributed by atoms with E-state index in [-0.39, 0.29) is 11.5 Å². The zero-order chi connectivity index (χ0) is 20.9. The minimum atomic E-state index is -0.685. The molecule has 30 heavy (non-hydrogen) atoms. The fourth-order valence-electron chi connectivity index (χ4n) is 2.99. The van der Waals surface area contributed by atoms with E-state index in [4.69, 9.17) is 10.00 Å². The first kappa shape index (κ1) is 19.4. The van der Waals surface area contributed by atoms with E-state index in [9.17, 15) is 9.59 Å². The van der Waals surface area contributed by atoms with Crippen molar-refractivity contribution >= 4 is 34.0 Å². The van der Waals surface area contributed by atoms with Gasteiger partial charge in [-0.1, -0.05) is 18.2 Å². The third kappa shape index (κ3) is 3.94. The van der Waals surface area contributed by atoms with Crippen LogP contribution < -0.4 is 0 Å². The monoisotopic (exact) mass is 417 g/mol. The van der Waals surface area contributed by atoms with Crippen LogP contribution in [0.15, 0.2) is 54.3 Å². The van der Waals surface area contributed by atoms with E-state index < -0.39 is 12.6 Å². The van der Waals surface area contributed by atoms with Gasteiger partial charge in [-0.15, -0.1) is 11.3 Å². The molecule has 0 saturated carbocycles. The lowest BCUT2D eigenvalue weighted by atomic mass is 10.1. The maximum absolute atomic E-state index is 12.7. The minimum Gasteiger partial charge on any atom is -0.453 e. The number of aromatic nitrogens is 4.